The Kier molecular flexibility index (Phi) is 2.00. The SMILES string of the molecule is COc1ccc2c(c1)NN=CC=C2. The van der Waals surface area contributed by atoms with Crippen molar-refractivity contribution in [3.05, 3.63) is 29.8 Å². The standard InChI is InChI=1S/C10H10N2O/c1-13-9-5-4-8-3-2-6-11-12-10(8)7-9/h2-7,12H,1H3. The van der Waals surface area contributed by atoms with Crippen LogP contribution < -0.4 is 10.2 Å². The first-order chi connectivity index (χ1) is 6.40. The van der Waals surface area contributed by atoms with Gasteiger partial charge in [0.1, 0.15) is 5.75 Å². The molecule has 13 heavy (non-hydrogen) atoms. The Labute approximate surface area is 76.7 Å². The number of nitrogens with one attached hydrogen (secondary N) is 1. The molecule has 0 saturated heterocycles. The predicted octanol–water partition coefficient (Wildman–Crippen LogP) is 2.12. The maximum atomic E-state index is 5.11. The molecule has 1 aromatic carbocycles. The molecule has 0 atom stereocenters. The lowest BCUT2D eigenvalue weighted by atomic mass is 10.1. The second-order valence-corrected chi connectivity index (χ2v) is 2.70. The maximum absolute atomic E-state index is 5.11. The van der Waals surface area contributed by atoms with Crippen molar-refractivity contribution in [1.82, 2.24) is 0 Å². The van der Waals surface area contributed by atoms with Crippen molar-refractivity contribution in [1.29, 1.82) is 0 Å². The zero-order valence-corrected chi connectivity index (χ0v) is 7.32. The van der Waals surface area contributed by atoms with Gasteiger partial charge in [0.2, 0.25) is 0 Å². The van der Waals surface area contributed by atoms with Crippen LogP contribution in [-0.4, -0.2) is 13.3 Å². The van der Waals surface area contributed by atoms with Crippen molar-refractivity contribution in [2.75, 3.05) is 12.5 Å². The number of fused-ring (bicyclic) bond motifs is 1. The fourth-order valence-electron chi connectivity index (χ4n) is 1.20. The molecule has 0 unspecified atom stereocenters. The molecule has 0 radical (unpaired) electrons. The van der Waals surface area contributed by atoms with Gasteiger partial charge in [-0.1, -0.05) is 6.08 Å². The van der Waals surface area contributed by atoms with Gasteiger partial charge in [-0.3, -0.25) is 5.43 Å². The van der Waals surface area contributed by atoms with Gasteiger partial charge in [-0.15, -0.1) is 0 Å². The van der Waals surface area contributed by atoms with Gasteiger partial charge in [-0.05, 0) is 23.8 Å². The molecule has 0 bridgehead atoms. The summed E-state index contributed by atoms with van der Waals surface area (Å²) < 4.78 is 5.11. The minimum absolute atomic E-state index is 0.830. The summed E-state index contributed by atoms with van der Waals surface area (Å²) in [6.07, 6.45) is 5.61. The van der Waals surface area contributed by atoms with Crippen LogP contribution in [0.5, 0.6) is 5.75 Å². The maximum Gasteiger partial charge on any atom is 0.121 e. The molecule has 0 spiro atoms. The van der Waals surface area contributed by atoms with Crippen molar-refractivity contribution in [2.45, 2.75) is 0 Å². The first-order valence-corrected chi connectivity index (χ1v) is 4.04. The van der Waals surface area contributed by atoms with Crippen molar-refractivity contribution < 1.29 is 4.74 Å². The summed E-state index contributed by atoms with van der Waals surface area (Å²) in [5.74, 6) is 0.830. The highest BCUT2D eigenvalue weighted by Gasteiger charge is 2.01. The molecule has 66 valence electrons. The molecule has 1 N–H and O–H groups in total. The van der Waals surface area contributed by atoms with Gasteiger partial charge in [-0.2, -0.15) is 5.10 Å². The molecule has 1 aliphatic rings. The number of hydrogen-bond donors (Lipinski definition) is 1. The number of rotatable bonds is 1. The summed E-state index contributed by atoms with van der Waals surface area (Å²) >= 11 is 0. The van der Waals surface area contributed by atoms with E-state index >= 15 is 0 Å². The fraction of sp³-hybridized carbons (Fsp3) is 0.100. The van der Waals surface area contributed by atoms with E-state index in [1.165, 1.54) is 0 Å². The molecule has 0 amide bonds. The van der Waals surface area contributed by atoms with Gasteiger partial charge in [0.25, 0.3) is 0 Å². The van der Waals surface area contributed by atoms with Gasteiger partial charge in [-0.25, -0.2) is 0 Å². The van der Waals surface area contributed by atoms with Crippen LogP contribution in [0.4, 0.5) is 5.69 Å². The summed E-state index contributed by atoms with van der Waals surface area (Å²) in [5, 5.41) is 3.97. The lowest BCUT2D eigenvalue weighted by Gasteiger charge is -2.06. The van der Waals surface area contributed by atoms with E-state index in [1.807, 2.05) is 30.4 Å². The van der Waals surface area contributed by atoms with Gasteiger partial charge < -0.3 is 4.74 Å². The Morgan fingerprint density at radius 2 is 2.31 bits per heavy atom. The van der Waals surface area contributed by atoms with Crippen LogP contribution in [0, 0.1) is 0 Å². The van der Waals surface area contributed by atoms with E-state index in [2.05, 4.69) is 10.5 Å². The van der Waals surface area contributed by atoms with E-state index in [9.17, 15) is 0 Å². The largest absolute Gasteiger partial charge is 0.497 e. The molecular weight excluding hydrogens is 164 g/mol. The van der Waals surface area contributed by atoms with Crippen LogP contribution in [0.25, 0.3) is 6.08 Å². The number of methoxy groups -OCH3 is 1. The van der Waals surface area contributed by atoms with Crippen molar-refractivity contribution >= 4 is 18.0 Å². The topological polar surface area (TPSA) is 33.6 Å². The summed E-state index contributed by atoms with van der Waals surface area (Å²) in [6.45, 7) is 0. The molecule has 1 heterocycles. The summed E-state index contributed by atoms with van der Waals surface area (Å²) in [5.41, 5.74) is 5.00. The highest BCUT2D eigenvalue weighted by molar-refractivity contribution is 5.84. The van der Waals surface area contributed by atoms with Crippen LogP contribution in [0.2, 0.25) is 0 Å². The van der Waals surface area contributed by atoms with Crippen molar-refractivity contribution in [3.8, 4) is 5.75 Å². The molecule has 1 aliphatic heterocycles. The average Bonchev–Trinajstić information content (AvgIpc) is 2.41. The molecule has 3 nitrogen and oxygen atoms in total. The third kappa shape index (κ3) is 1.54. The second kappa shape index (κ2) is 3.31. The number of anilines is 1. The van der Waals surface area contributed by atoms with Gasteiger partial charge in [0.05, 0.1) is 12.8 Å². The number of hydrazone groups is 1. The Balaban J connectivity index is 2.45. The molecule has 1 aromatic rings. The number of benzene rings is 1. The minimum Gasteiger partial charge on any atom is -0.497 e. The number of ether oxygens (including phenoxy) is 1. The van der Waals surface area contributed by atoms with Crippen LogP contribution in [-0.2, 0) is 0 Å². The Bertz CT molecular complexity index is 369. The van der Waals surface area contributed by atoms with E-state index in [0.717, 1.165) is 17.0 Å². The van der Waals surface area contributed by atoms with Crippen LogP contribution in [0.3, 0.4) is 0 Å². The monoisotopic (exact) mass is 174 g/mol. The smallest absolute Gasteiger partial charge is 0.121 e. The van der Waals surface area contributed by atoms with E-state index in [4.69, 9.17) is 4.74 Å². The third-order valence-electron chi connectivity index (χ3n) is 1.88. The number of nitrogens with zero attached hydrogens (tertiary/aromatic N) is 1. The highest BCUT2D eigenvalue weighted by Crippen LogP contribution is 2.24. The van der Waals surface area contributed by atoms with E-state index in [0.29, 0.717) is 0 Å². The molecular formula is C10H10N2O. The quantitative estimate of drug-likeness (QED) is 0.707. The second-order valence-electron chi connectivity index (χ2n) is 2.70. The molecule has 0 fully saturated rings. The van der Waals surface area contributed by atoms with E-state index < -0.39 is 0 Å². The summed E-state index contributed by atoms with van der Waals surface area (Å²) in [7, 11) is 1.65. The fourth-order valence-corrected chi connectivity index (χ4v) is 1.20. The zero-order valence-electron chi connectivity index (χ0n) is 7.32. The molecule has 3 heteroatoms. The van der Waals surface area contributed by atoms with E-state index in [1.54, 1.807) is 13.3 Å². The minimum atomic E-state index is 0.830. The number of allylic oxidation sites excluding steroid dienone is 1. The lowest BCUT2D eigenvalue weighted by Crippen LogP contribution is -1.91. The zero-order chi connectivity index (χ0) is 9.10. The number of hydrogen-bond acceptors (Lipinski definition) is 3. The lowest BCUT2D eigenvalue weighted by molar-refractivity contribution is 0.415. The normalized spacial score (nSPS) is 13.0. The Hall–Kier alpha value is -1.77. The molecule has 0 aliphatic carbocycles. The van der Waals surface area contributed by atoms with Gasteiger partial charge in [0.15, 0.2) is 0 Å². The third-order valence-corrected chi connectivity index (χ3v) is 1.88. The van der Waals surface area contributed by atoms with Crippen LogP contribution in [0.15, 0.2) is 29.4 Å². The summed E-state index contributed by atoms with van der Waals surface area (Å²) in [4.78, 5) is 0. The Morgan fingerprint density at radius 3 is 3.15 bits per heavy atom. The summed E-state index contributed by atoms with van der Waals surface area (Å²) in [6, 6.07) is 5.84. The highest BCUT2D eigenvalue weighted by atomic mass is 16.5. The van der Waals surface area contributed by atoms with Gasteiger partial charge in [0, 0.05) is 12.3 Å². The predicted molar refractivity (Wildman–Crippen MR) is 54.1 cm³/mol. The van der Waals surface area contributed by atoms with Crippen LogP contribution in [0.1, 0.15) is 5.56 Å². The molecule has 0 aromatic heterocycles. The van der Waals surface area contributed by atoms with Crippen molar-refractivity contribution in [3.63, 3.8) is 0 Å². The average molecular weight is 174 g/mol. The Morgan fingerprint density at radius 1 is 1.38 bits per heavy atom. The van der Waals surface area contributed by atoms with Gasteiger partial charge >= 0.3 is 0 Å². The molecule has 2 rings (SSSR count). The molecule has 0 saturated carbocycles. The first kappa shape index (κ1) is 7.86. The van der Waals surface area contributed by atoms with Crippen LogP contribution >= 0.6 is 0 Å². The van der Waals surface area contributed by atoms with Crippen molar-refractivity contribution in [2.24, 2.45) is 5.10 Å². The van der Waals surface area contributed by atoms with E-state index in [-0.39, 0.29) is 0 Å². The first-order valence-electron chi connectivity index (χ1n) is 4.04.